The zero-order valence-electron chi connectivity index (χ0n) is 13.4. The van der Waals surface area contributed by atoms with E-state index in [2.05, 4.69) is 5.10 Å². The Bertz CT molecular complexity index is 948. The van der Waals surface area contributed by atoms with Crippen molar-refractivity contribution in [3.63, 3.8) is 0 Å². The van der Waals surface area contributed by atoms with Crippen LogP contribution >= 0.6 is 0 Å². The van der Waals surface area contributed by atoms with E-state index in [1.165, 1.54) is 30.3 Å². The van der Waals surface area contributed by atoms with Crippen LogP contribution in [0.4, 0.5) is 0 Å². The van der Waals surface area contributed by atoms with Crippen LogP contribution < -0.4 is 4.72 Å². The molecule has 8 heteroatoms. The Morgan fingerprint density at radius 2 is 1.92 bits per heavy atom. The van der Waals surface area contributed by atoms with Gasteiger partial charge in [-0.05, 0) is 44.2 Å². The Balaban J connectivity index is 2.16. The molecule has 2 rings (SSSR count). The van der Waals surface area contributed by atoms with E-state index >= 15 is 0 Å². The Hall–Kier alpha value is -2.92. The molecule has 0 saturated carbocycles. The fraction of sp³-hybridized carbons (Fsp3) is 0.188. The highest BCUT2D eigenvalue weighted by molar-refractivity contribution is 7.90. The minimum absolute atomic E-state index is 0.0861. The normalized spacial score (nSPS) is 11.4. The predicted molar refractivity (Wildman–Crippen MR) is 88.2 cm³/mol. The van der Waals surface area contributed by atoms with Gasteiger partial charge < -0.3 is 0 Å². The second-order valence-electron chi connectivity index (χ2n) is 5.15. The number of nitrogens with zero attached hydrogens (tertiary/aromatic N) is 3. The van der Waals surface area contributed by atoms with Gasteiger partial charge in [0.25, 0.3) is 15.9 Å². The summed E-state index contributed by atoms with van der Waals surface area (Å²) in [5.74, 6) is -0.762. The molecule has 1 amide bonds. The van der Waals surface area contributed by atoms with Gasteiger partial charge in [0.1, 0.15) is 0 Å². The molecule has 24 heavy (non-hydrogen) atoms. The molecule has 7 nitrogen and oxygen atoms in total. The maximum atomic E-state index is 12.1. The van der Waals surface area contributed by atoms with Crippen molar-refractivity contribution in [2.75, 3.05) is 0 Å². The van der Waals surface area contributed by atoms with Gasteiger partial charge in [-0.15, -0.1) is 0 Å². The van der Waals surface area contributed by atoms with Crippen LogP contribution in [0.1, 0.15) is 22.5 Å². The largest absolute Gasteiger partial charge is 0.272 e. The quantitative estimate of drug-likeness (QED) is 0.845. The zero-order chi connectivity index (χ0) is 17.9. The molecule has 0 bridgehead atoms. The van der Waals surface area contributed by atoms with Gasteiger partial charge >= 0.3 is 0 Å². The molecule has 0 aliphatic rings. The van der Waals surface area contributed by atoms with Crippen LogP contribution in [0, 0.1) is 25.2 Å². The van der Waals surface area contributed by atoms with E-state index in [4.69, 9.17) is 5.26 Å². The molecule has 0 aliphatic heterocycles. The molecule has 1 N–H and O–H groups in total. The second kappa shape index (κ2) is 6.68. The van der Waals surface area contributed by atoms with Gasteiger partial charge in [0, 0.05) is 24.4 Å². The molecule has 0 aliphatic carbocycles. The molecule has 124 valence electrons. The van der Waals surface area contributed by atoms with Crippen molar-refractivity contribution in [3.05, 3.63) is 52.9 Å². The summed E-state index contributed by atoms with van der Waals surface area (Å²) in [4.78, 5) is 11.8. The highest BCUT2D eigenvalue weighted by Gasteiger charge is 2.16. The van der Waals surface area contributed by atoms with Crippen LogP contribution in [0.25, 0.3) is 6.08 Å². The molecule has 1 aromatic heterocycles. The van der Waals surface area contributed by atoms with Crippen LogP contribution in [0.15, 0.2) is 35.2 Å². The summed E-state index contributed by atoms with van der Waals surface area (Å²) in [7, 11) is -2.20. The molecule has 0 atom stereocenters. The number of aryl methyl sites for hydroxylation is 2. The number of nitriles is 1. The molecular formula is C16H16N4O3S. The lowest BCUT2D eigenvalue weighted by molar-refractivity contribution is -0.114. The topological polar surface area (TPSA) is 105 Å². The van der Waals surface area contributed by atoms with Gasteiger partial charge in [0.2, 0.25) is 0 Å². The molecule has 0 fully saturated rings. The number of amides is 1. The highest BCUT2D eigenvalue weighted by Crippen LogP contribution is 2.14. The van der Waals surface area contributed by atoms with Gasteiger partial charge in [0.15, 0.2) is 0 Å². The molecule has 0 saturated heterocycles. The summed E-state index contributed by atoms with van der Waals surface area (Å²) in [6, 6.07) is 7.18. The maximum Gasteiger partial charge on any atom is 0.264 e. The van der Waals surface area contributed by atoms with E-state index in [1.54, 1.807) is 18.7 Å². The number of nitrogens with one attached hydrogen (secondary N) is 1. The van der Waals surface area contributed by atoms with Gasteiger partial charge in [0.05, 0.1) is 22.2 Å². The van der Waals surface area contributed by atoms with E-state index in [0.717, 1.165) is 23.0 Å². The van der Waals surface area contributed by atoms with Crippen LogP contribution in [0.3, 0.4) is 0 Å². The van der Waals surface area contributed by atoms with E-state index < -0.39 is 15.9 Å². The van der Waals surface area contributed by atoms with E-state index in [-0.39, 0.29) is 4.90 Å². The zero-order valence-corrected chi connectivity index (χ0v) is 14.3. The third-order valence-electron chi connectivity index (χ3n) is 3.50. The summed E-state index contributed by atoms with van der Waals surface area (Å²) in [6.45, 7) is 3.66. The Morgan fingerprint density at radius 3 is 2.42 bits per heavy atom. The monoisotopic (exact) mass is 344 g/mol. The third-order valence-corrected chi connectivity index (χ3v) is 4.86. The summed E-state index contributed by atoms with van der Waals surface area (Å²) < 4.78 is 27.9. The first kappa shape index (κ1) is 17.4. The molecule has 1 aromatic carbocycles. The van der Waals surface area contributed by atoms with Crippen molar-refractivity contribution in [1.82, 2.24) is 14.5 Å². The lowest BCUT2D eigenvalue weighted by Crippen LogP contribution is -2.28. The number of carbonyl (C=O) groups excluding carboxylic acids is 1. The summed E-state index contributed by atoms with van der Waals surface area (Å²) >= 11 is 0. The number of hydrogen-bond acceptors (Lipinski definition) is 5. The van der Waals surface area contributed by atoms with Gasteiger partial charge in [-0.3, -0.25) is 9.48 Å². The van der Waals surface area contributed by atoms with E-state index in [1.807, 2.05) is 17.7 Å². The average Bonchev–Trinajstić information content (AvgIpc) is 2.77. The highest BCUT2D eigenvalue weighted by atomic mass is 32.2. The molecule has 0 unspecified atom stereocenters. The third kappa shape index (κ3) is 3.70. The second-order valence-corrected chi connectivity index (χ2v) is 6.83. The van der Waals surface area contributed by atoms with Crippen LogP contribution in [0.2, 0.25) is 0 Å². The van der Waals surface area contributed by atoms with E-state index in [9.17, 15) is 13.2 Å². The number of hydrogen-bond donors (Lipinski definition) is 1. The number of aromatic nitrogens is 2. The first-order chi connectivity index (χ1) is 11.2. The predicted octanol–water partition coefficient (Wildman–Crippen LogP) is 1.43. The number of benzene rings is 1. The smallest absolute Gasteiger partial charge is 0.264 e. The first-order valence-corrected chi connectivity index (χ1v) is 8.48. The number of carbonyl (C=O) groups is 1. The summed E-state index contributed by atoms with van der Waals surface area (Å²) in [5.41, 5.74) is 2.71. The van der Waals surface area contributed by atoms with Gasteiger partial charge in [-0.25, -0.2) is 13.1 Å². The van der Waals surface area contributed by atoms with Gasteiger partial charge in [-0.1, -0.05) is 0 Å². The van der Waals surface area contributed by atoms with Gasteiger partial charge in [-0.2, -0.15) is 10.4 Å². The minimum Gasteiger partial charge on any atom is -0.272 e. The number of sulfonamides is 1. The van der Waals surface area contributed by atoms with Crippen molar-refractivity contribution >= 4 is 22.0 Å². The standard InChI is InChI=1S/C16H16N4O3S/c1-11-15(12(2)20(3)18-11)8-9-16(21)19-24(22,23)14-6-4-13(10-17)5-7-14/h4-9H,1-3H3,(H,19,21)/b9-8+. The van der Waals surface area contributed by atoms with Crippen molar-refractivity contribution in [2.24, 2.45) is 7.05 Å². The van der Waals surface area contributed by atoms with Crippen molar-refractivity contribution in [2.45, 2.75) is 18.7 Å². The fourth-order valence-electron chi connectivity index (χ4n) is 2.12. The lowest BCUT2D eigenvalue weighted by atomic mass is 10.2. The first-order valence-electron chi connectivity index (χ1n) is 7.00. The molecule has 0 radical (unpaired) electrons. The minimum atomic E-state index is -3.98. The maximum absolute atomic E-state index is 12.1. The summed E-state index contributed by atoms with van der Waals surface area (Å²) in [5, 5.41) is 12.9. The van der Waals surface area contributed by atoms with Crippen LogP contribution in [-0.4, -0.2) is 24.1 Å². The lowest BCUT2D eigenvalue weighted by Gasteiger charge is -2.04. The fourth-order valence-corrected chi connectivity index (χ4v) is 3.07. The Labute approximate surface area is 140 Å². The Morgan fingerprint density at radius 1 is 1.29 bits per heavy atom. The van der Waals surface area contributed by atoms with Crippen LogP contribution in [-0.2, 0) is 21.9 Å². The van der Waals surface area contributed by atoms with Crippen molar-refractivity contribution in [1.29, 1.82) is 5.26 Å². The summed E-state index contributed by atoms with van der Waals surface area (Å²) in [6.07, 6.45) is 2.68. The SMILES string of the molecule is Cc1nn(C)c(C)c1/C=C/C(=O)NS(=O)(=O)c1ccc(C#N)cc1. The molecule has 0 spiro atoms. The number of rotatable bonds is 4. The molecule has 1 heterocycles. The molecule has 2 aromatic rings. The van der Waals surface area contributed by atoms with Crippen molar-refractivity contribution < 1.29 is 13.2 Å². The molecular weight excluding hydrogens is 328 g/mol. The average molecular weight is 344 g/mol. The van der Waals surface area contributed by atoms with E-state index in [0.29, 0.717) is 5.56 Å². The Kier molecular flexibility index (Phi) is 4.85. The van der Waals surface area contributed by atoms with Crippen molar-refractivity contribution in [3.8, 4) is 6.07 Å². The van der Waals surface area contributed by atoms with Crippen LogP contribution in [0.5, 0.6) is 0 Å².